The quantitative estimate of drug-likeness (QED) is 0.538. The maximum Gasteiger partial charge on any atom is 0.266 e. The third-order valence-electron chi connectivity index (χ3n) is 4.31. The number of sulfonamides is 1. The van der Waals surface area contributed by atoms with Crippen LogP contribution in [-0.2, 0) is 10.0 Å². The molecular weight excluding hydrogens is 412 g/mol. The van der Waals surface area contributed by atoms with E-state index in [0.717, 1.165) is 15.6 Å². The van der Waals surface area contributed by atoms with Crippen molar-refractivity contribution in [1.82, 2.24) is 13.7 Å². The molecule has 1 N–H and O–H groups in total. The molecule has 0 unspecified atom stereocenters. The molecule has 0 saturated heterocycles. The van der Waals surface area contributed by atoms with E-state index in [1.807, 2.05) is 0 Å². The Kier molecular flexibility index (Phi) is 4.69. The van der Waals surface area contributed by atoms with Crippen molar-refractivity contribution >= 4 is 48.8 Å². The van der Waals surface area contributed by atoms with E-state index in [4.69, 9.17) is 0 Å². The van der Waals surface area contributed by atoms with E-state index < -0.39 is 15.9 Å². The van der Waals surface area contributed by atoms with Gasteiger partial charge in [-0.25, -0.2) is 17.7 Å². The molecule has 4 rings (SSSR count). The van der Waals surface area contributed by atoms with Gasteiger partial charge in [-0.05, 0) is 36.4 Å². The predicted molar refractivity (Wildman–Crippen MR) is 112 cm³/mol. The summed E-state index contributed by atoms with van der Waals surface area (Å²) >= 11 is 1.11. The first-order chi connectivity index (χ1) is 13.8. The van der Waals surface area contributed by atoms with Crippen LogP contribution in [0.15, 0.2) is 64.4 Å². The number of carbonyl (C=O) groups is 1. The third-order valence-corrected chi connectivity index (χ3v) is 7.15. The van der Waals surface area contributed by atoms with Crippen LogP contribution in [0.1, 0.15) is 9.67 Å². The summed E-state index contributed by atoms with van der Waals surface area (Å²) in [4.78, 5) is 30.6. The number of nitrogens with one attached hydrogen (secondary N) is 1. The van der Waals surface area contributed by atoms with Gasteiger partial charge in [0, 0.05) is 26.0 Å². The minimum absolute atomic E-state index is 0.0720. The van der Waals surface area contributed by atoms with Gasteiger partial charge in [0.1, 0.15) is 10.5 Å². The summed E-state index contributed by atoms with van der Waals surface area (Å²) in [7, 11) is -0.742. The van der Waals surface area contributed by atoms with Gasteiger partial charge in [0.05, 0.1) is 15.2 Å². The maximum absolute atomic E-state index is 12.7. The highest BCUT2D eigenvalue weighted by Crippen LogP contribution is 2.24. The molecule has 3 heterocycles. The largest absolute Gasteiger partial charge is 0.321 e. The zero-order chi connectivity index (χ0) is 20.8. The fraction of sp³-hybridized carbons (Fsp3) is 0.105. The van der Waals surface area contributed by atoms with Crippen LogP contribution in [0.5, 0.6) is 0 Å². The lowest BCUT2D eigenvalue weighted by Gasteiger charge is -2.12. The van der Waals surface area contributed by atoms with Crippen LogP contribution in [-0.4, -0.2) is 42.1 Å². The molecule has 0 saturated carbocycles. The Morgan fingerprint density at radius 2 is 1.93 bits per heavy atom. The van der Waals surface area contributed by atoms with Crippen LogP contribution in [0.2, 0.25) is 0 Å². The Morgan fingerprint density at radius 1 is 1.14 bits per heavy atom. The molecule has 0 radical (unpaired) electrons. The molecule has 0 spiro atoms. The van der Waals surface area contributed by atoms with E-state index in [1.54, 1.807) is 36.5 Å². The van der Waals surface area contributed by atoms with E-state index in [1.165, 1.54) is 36.7 Å². The van der Waals surface area contributed by atoms with E-state index in [9.17, 15) is 18.0 Å². The molecule has 29 heavy (non-hydrogen) atoms. The van der Waals surface area contributed by atoms with Gasteiger partial charge in [0.2, 0.25) is 10.0 Å². The van der Waals surface area contributed by atoms with Crippen LogP contribution in [0.3, 0.4) is 0 Å². The number of benzene rings is 1. The summed E-state index contributed by atoms with van der Waals surface area (Å²) in [6.45, 7) is 0. The minimum Gasteiger partial charge on any atom is -0.321 e. The normalized spacial score (nSPS) is 12.0. The van der Waals surface area contributed by atoms with Crippen molar-refractivity contribution < 1.29 is 13.2 Å². The van der Waals surface area contributed by atoms with Crippen LogP contribution >= 0.6 is 11.3 Å². The first-order valence-electron chi connectivity index (χ1n) is 8.52. The van der Waals surface area contributed by atoms with Crippen LogP contribution < -0.4 is 10.9 Å². The molecule has 0 aliphatic heterocycles. The molecule has 3 aromatic heterocycles. The zero-order valence-electron chi connectivity index (χ0n) is 15.5. The van der Waals surface area contributed by atoms with E-state index >= 15 is 0 Å². The number of hydrogen-bond donors (Lipinski definition) is 1. The van der Waals surface area contributed by atoms with Gasteiger partial charge in [-0.1, -0.05) is 12.1 Å². The maximum atomic E-state index is 12.7. The van der Waals surface area contributed by atoms with Crippen molar-refractivity contribution in [3.05, 3.63) is 70.0 Å². The number of anilines is 1. The van der Waals surface area contributed by atoms with Gasteiger partial charge < -0.3 is 5.32 Å². The molecular formula is C19H16N4O4S2. The second-order valence-corrected chi connectivity index (χ2v) is 9.63. The first-order valence-corrected chi connectivity index (χ1v) is 10.8. The SMILES string of the molecule is CN(C)S(=O)(=O)c1cccc(NC(=O)c2cc3c(=O)n4ccccc4nc3s2)c1. The van der Waals surface area contributed by atoms with Crippen molar-refractivity contribution in [2.45, 2.75) is 4.90 Å². The van der Waals surface area contributed by atoms with Crippen molar-refractivity contribution in [3.8, 4) is 0 Å². The Hall–Kier alpha value is -3.08. The highest BCUT2D eigenvalue weighted by molar-refractivity contribution is 7.89. The number of nitrogens with zero attached hydrogens (tertiary/aromatic N) is 3. The molecule has 0 aliphatic rings. The summed E-state index contributed by atoms with van der Waals surface area (Å²) in [5, 5.41) is 3.04. The van der Waals surface area contributed by atoms with E-state index in [0.29, 0.717) is 26.4 Å². The highest BCUT2D eigenvalue weighted by atomic mass is 32.2. The van der Waals surface area contributed by atoms with Crippen molar-refractivity contribution in [2.24, 2.45) is 0 Å². The second kappa shape index (κ2) is 7.07. The number of aromatic nitrogens is 2. The summed E-state index contributed by atoms with van der Waals surface area (Å²) in [6.07, 6.45) is 1.62. The van der Waals surface area contributed by atoms with Gasteiger partial charge in [0.15, 0.2) is 0 Å². The van der Waals surface area contributed by atoms with Crippen LogP contribution in [0.25, 0.3) is 15.9 Å². The molecule has 148 valence electrons. The zero-order valence-corrected chi connectivity index (χ0v) is 17.1. The number of fused-ring (bicyclic) bond motifs is 2. The third kappa shape index (κ3) is 3.41. The fourth-order valence-electron chi connectivity index (χ4n) is 2.80. The topological polar surface area (TPSA) is 101 Å². The summed E-state index contributed by atoms with van der Waals surface area (Å²) in [6, 6.07) is 12.7. The summed E-state index contributed by atoms with van der Waals surface area (Å²) < 4.78 is 27.1. The lowest BCUT2D eigenvalue weighted by atomic mass is 10.3. The number of rotatable bonds is 4. The van der Waals surface area contributed by atoms with Gasteiger partial charge in [0.25, 0.3) is 11.5 Å². The number of carbonyl (C=O) groups excluding carboxylic acids is 1. The monoisotopic (exact) mass is 428 g/mol. The minimum atomic E-state index is -3.62. The molecule has 10 heteroatoms. The van der Waals surface area contributed by atoms with E-state index in [2.05, 4.69) is 10.3 Å². The van der Waals surface area contributed by atoms with Crippen molar-refractivity contribution in [1.29, 1.82) is 0 Å². The molecule has 0 aliphatic carbocycles. The van der Waals surface area contributed by atoms with Gasteiger partial charge in [-0.2, -0.15) is 0 Å². The lowest BCUT2D eigenvalue weighted by molar-refractivity contribution is 0.103. The molecule has 4 aromatic rings. The van der Waals surface area contributed by atoms with Gasteiger partial charge in [-0.15, -0.1) is 11.3 Å². The highest BCUT2D eigenvalue weighted by Gasteiger charge is 2.19. The average Bonchev–Trinajstić information content (AvgIpc) is 3.13. The Bertz CT molecular complexity index is 1420. The number of hydrogen-bond acceptors (Lipinski definition) is 6. The molecule has 0 bridgehead atoms. The first kappa shape index (κ1) is 19.2. The molecule has 1 aromatic carbocycles. The van der Waals surface area contributed by atoms with Crippen molar-refractivity contribution in [3.63, 3.8) is 0 Å². The van der Waals surface area contributed by atoms with Gasteiger partial charge >= 0.3 is 0 Å². The standard InChI is InChI=1S/C19H16N4O4S2/c1-22(2)29(26,27)13-7-5-6-12(10-13)20-17(24)15-11-14-18(28-15)21-16-8-3-4-9-23(16)19(14)25/h3-11H,1-2H3,(H,20,24). The summed E-state index contributed by atoms with van der Waals surface area (Å²) in [5.41, 5.74) is 0.589. The average molecular weight is 428 g/mol. The Morgan fingerprint density at radius 3 is 2.69 bits per heavy atom. The molecule has 0 atom stereocenters. The van der Waals surface area contributed by atoms with Gasteiger partial charge in [-0.3, -0.25) is 14.0 Å². The molecule has 8 nitrogen and oxygen atoms in total. The lowest BCUT2D eigenvalue weighted by Crippen LogP contribution is -2.22. The Balaban J connectivity index is 1.69. The van der Waals surface area contributed by atoms with Crippen molar-refractivity contribution in [2.75, 3.05) is 19.4 Å². The fourth-order valence-corrected chi connectivity index (χ4v) is 4.67. The second-order valence-electron chi connectivity index (χ2n) is 6.44. The molecule has 1 amide bonds. The van der Waals surface area contributed by atoms with Crippen LogP contribution in [0, 0.1) is 0 Å². The van der Waals surface area contributed by atoms with E-state index in [-0.39, 0.29) is 10.5 Å². The smallest absolute Gasteiger partial charge is 0.266 e. The predicted octanol–water partition coefficient (Wildman–Crippen LogP) is 2.41. The number of amides is 1. The summed E-state index contributed by atoms with van der Waals surface area (Å²) in [5.74, 6) is -0.444. The Labute approximate surface area is 170 Å². The number of pyridine rings is 1. The number of thiophene rings is 1. The van der Waals surface area contributed by atoms with Crippen LogP contribution in [0.4, 0.5) is 5.69 Å². The molecule has 0 fully saturated rings.